The molecule has 0 saturated heterocycles. The third-order valence-corrected chi connectivity index (χ3v) is 6.56. The highest BCUT2D eigenvalue weighted by atomic mass is 79.9. The number of aryl methyl sites for hydroxylation is 2. The van der Waals surface area contributed by atoms with E-state index in [0.717, 1.165) is 56.6 Å². The van der Waals surface area contributed by atoms with Crippen LogP contribution in [0.1, 0.15) is 33.6 Å². The monoisotopic (exact) mass is 513 g/mol. The molecule has 0 spiro atoms. The van der Waals surface area contributed by atoms with E-state index in [1.807, 2.05) is 60.7 Å². The molecule has 0 unspecified atom stereocenters. The topological polar surface area (TPSA) is 75.1 Å². The summed E-state index contributed by atoms with van der Waals surface area (Å²) < 4.78 is 0.980. The standard InChI is InChI=1S/C28H24BrN3O2/c29-22-10-6-19(7-11-22)16-26(34)32-28-25(15-18-4-2-1-3-5-18)30-27-23-12-8-20(17-33)14-21(23)9-13-24(27)31-28/h1-8,10-12,14,33H,9,13,15-17H2,(H,31,32,34). The van der Waals surface area contributed by atoms with E-state index in [1.165, 1.54) is 5.56 Å². The van der Waals surface area contributed by atoms with E-state index in [0.29, 0.717) is 12.2 Å². The van der Waals surface area contributed by atoms with Gasteiger partial charge in [-0.1, -0.05) is 76.6 Å². The molecule has 4 aromatic rings. The molecule has 3 aromatic carbocycles. The highest BCUT2D eigenvalue weighted by Crippen LogP contribution is 2.34. The van der Waals surface area contributed by atoms with Gasteiger partial charge in [0.1, 0.15) is 0 Å². The molecule has 0 radical (unpaired) electrons. The molecule has 1 heterocycles. The van der Waals surface area contributed by atoms with Crippen molar-refractivity contribution in [3.8, 4) is 11.3 Å². The summed E-state index contributed by atoms with van der Waals surface area (Å²) in [5, 5.41) is 12.5. The molecule has 0 bridgehead atoms. The van der Waals surface area contributed by atoms with E-state index >= 15 is 0 Å². The quantitative estimate of drug-likeness (QED) is 0.368. The van der Waals surface area contributed by atoms with E-state index < -0.39 is 0 Å². The Morgan fingerprint density at radius 2 is 1.68 bits per heavy atom. The van der Waals surface area contributed by atoms with Crippen LogP contribution in [0.4, 0.5) is 5.82 Å². The number of carbonyl (C=O) groups is 1. The van der Waals surface area contributed by atoms with Crippen LogP contribution in [0.5, 0.6) is 0 Å². The predicted octanol–water partition coefficient (Wildman–Crippen LogP) is 5.27. The van der Waals surface area contributed by atoms with Crippen molar-refractivity contribution in [3.63, 3.8) is 0 Å². The number of carbonyl (C=O) groups excluding carboxylic acids is 1. The summed E-state index contributed by atoms with van der Waals surface area (Å²) >= 11 is 3.43. The Kier molecular flexibility index (Phi) is 6.52. The summed E-state index contributed by atoms with van der Waals surface area (Å²) in [6, 6.07) is 23.8. The molecule has 1 amide bonds. The van der Waals surface area contributed by atoms with Crippen LogP contribution in [0, 0.1) is 0 Å². The predicted molar refractivity (Wildman–Crippen MR) is 137 cm³/mol. The van der Waals surface area contributed by atoms with Crippen molar-refractivity contribution < 1.29 is 9.90 Å². The molecule has 5 nitrogen and oxygen atoms in total. The Hall–Kier alpha value is -3.35. The van der Waals surface area contributed by atoms with Crippen LogP contribution in [-0.2, 0) is 37.1 Å². The lowest BCUT2D eigenvalue weighted by molar-refractivity contribution is -0.115. The van der Waals surface area contributed by atoms with Gasteiger partial charge in [-0.15, -0.1) is 0 Å². The first-order valence-corrected chi connectivity index (χ1v) is 12.1. The van der Waals surface area contributed by atoms with Crippen molar-refractivity contribution in [2.24, 2.45) is 0 Å². The van der Waals surface area contributed by atoms with E-state index in [9.17, 15) is 9.90 Å². The number of aliphatic hydroxyl groups is 1. The average Bonchev–Trinajstić information content (AvgIpc) is 2.86. The minimum atomic E-state index is -0.116. The van der Waals surface area contributed by atoms with Gasteiger partial charge in [0.2, 0.25) is 5.91 Å². The summed E-state index contributed by atoms with van der Waals surface area (Å²) in [5.74, 6) is 0.412. The fourth-order valence-electron chi connectivity index (χ4n) is 4.31. The van der Waals surface area contributed by atoms with Gasteiger partial charge in [-0.25, -0.2) is 9.97 Å². The van der Waals surface area contributed by atoms with Gasteiger partial charge in [0.15, 0.2) is 5.82 Å². The lowest BCUT2D eigenvalue weighted by atomic mass is 9.90. The molecule has 5 rings (SSSR count). The number of anilines is 1. The molecule has 34 heavy (non-hydrogen) atoms. The first-order chi connectivity index (χ1) is 16.6. The molecule has 0 fully saturated rings. The second-order valence-electron chi connectivity index (χ2n) is 8.48. The Morgan fingerprint density at radius 3 is 2.44 bits per heavy atom. The van der Waals surface area contributed by atoms with Gasteiger partial charge in [0.25, 0.3) is 0 Å². The highest BCUT2D eigenvalue weighted by molar-refractivity contribution is 9.10. The zero-order valence-corrected chi connectivity index (χ0v) is 20.2. The maximum atomic E-state index is 12.9. The summed E-state index contributed by atoms with van der Waals surface area (Å²) in [4.78, 5) is 22.8. The lowest BCUT2D eigenvalue weighted by Gasteiger charge is -2.21. The summed E-state index contributed by atoms with van der Waals surface area (Å²) in [6.45, 7) is 0.0222. The smallest absolute Gasteiger partial charge is 0.229 e. The molecule has 1 aliphatic rings. The van der Waals surface area contributed by atoms with Crippen LogP contribution in [0.3, 0.4) is 0 Å². The number of hydrogen-bond donors (Lipinski definition) is 2. The number of aliphatic hydroxyl groups excluding tert-OH is 1. The number of amides is 1. The van der Waals surface area contributed by atoms with Crippen molar-refractivity contribution in [2.45, 2.75) is 32.3 Å². The van der Waals surface area contributed by atoms with Crippen LogP contribution >= 0.6 is 15.9 Å². The minimum Gasteiger partial charge on any atom is -0.392 e. The van der Waals surface area contributed by atoms with Crippen molar-refractivity contribution in [1.82, 2.24) is 9.97 Å². The number of halogens is 1. The molecule has 0 saturated carbocycles. The van der Waals surface area contributed by atoms with Gasteiger partial charge in [-0.2, -0.15) is 0 Å². The Balaban J connectivity index is 1.50. The van der Waals surface area contributed by atoms with Crippen molar-refractivity contribution in [3.05, 3.63) is 111 Å². The van der Waals surface area contributed by atoms with Gasteiger partial charge in [0, 0.05) is 16.5 Å². The van der Waals surface area contributed by atoms with Crippen LogP contribution in [0.2, 0.25) is 0 Å². The fourth-order valence-corrected chi connectivity index (χ4v) is 4.57. The van der Waals surface area contributed by atoms with Crippen LogP contribution in [0.25, 0.3) is 11.3 Å². The fraction of sp³-hybridized carbons (Fsp3) is 0.179. The molecule has 0 atom stereocenters. The number of nitrogens with zero attached hydrogens (tertiary/aromatic N) is 2. The Bertz CT molecular complexity index is 1340. The van der Waals surface area contributed by atoms with E-state index in [-0.39, 0.29) is 18.9 Å². The molecule has 0 aliphatic heterocycles. The highest BCUT2D eigenvalue weighted by Gasteiger charge is 2.23. The van der Waals surface area contributed by atoms with Crippen LogP contribution < -0.4 is 5.32 Å². The van der Waals surface area contributed by atoms with Gasteiger partial charge in [-0.3, -0.25) is 4.79 Å². The first kappa shape index (κ1) is 22.4. The van der Waals surface area contributed by atoms with Crippen molar-refractivity contribution in [2.75, 3.05) is 5.32 Å². The van der Waals surface area contributed by atoms with E-state index in [2.05, 4.69) is 33.4 Å². The molecule has 6 heteroatoms. The maximum absolute atomic E-state index is 12.9. The van der Waals surface area contributed by atoms with Crippen molar-refractivity contribution >= 4 is 27.7 Å². The Morgan fingerprint density at radius 1 is 0.912 bits per heavy atom. The largest absolute Gasteiger partial charge is 0.392 e. The number of rotatable bonds is 6. The van der Waals surface area contributed by atoms with E-state index in [1.54, 1.807) is 0 Å². The molecule has 1 aliphatic carbocycles. The first-order valence-electron chi connectivity index (χ1n) is 11.3. The number of benzene rings is 3. The summed E-state index contributed by atoms with van der Waals surface area (Å²) in [7, 11) is 0. The second-order valence-corrected chi connectivity index (χ2v) is 9.39. The van der Waals surface area contributed by atoms with E-state index in [4.69, 9.17) is 9.97 Å². The van der Waals surface area contributed by atoms with Crippen LogP contribution in [0.15, 0.2) is 77.3 Å². The summed E-state index contributed by atoms with van der Waals surface area (Å²) in [5.41, 5.74) is 7.66. The van der Waals surface area contributed by atoms with Gasteiger partial charge in [0.05, 0.1) is 30.1 Å². The zero-order valence-electron chi connectivity index (χ0n) is 18.6. The number of aromatic nitrogens is 2. The molecular weight excluding hydrogens is 490 g/mol. The molecule has 2 N–H and O–H groups in total. The number of hydrogen-bond acceptors (Lipinski definition) is 4. The third kappa shape index (κ3) is 4.93. The Labute approximate surface area is 207 Å². The van der Waals surface area contributed by atoms with Gasteiger partial charge < -0.3 is 10.4 Å². The van der Waals surface area contributed by atoms with Gasteiger partial charge in [-0.05, 0) is 47.2 Å². The molecular formula is C28H24BrN3O2. The minimum absolute atomic E-state index is 0.0222. The summed E-state index contributed by atoms with van der Waals surface area (Å²) in [6.07, 6.45) is 2.41. The van der Waals surface area contributed by atoms with Gasteiger partial charge >= 0.3 is 0 Å². The molecule has 170 valence electrons. The maximum Gasteiger partial charge on any atom is 0.229 e. The van der Waals surface area contributed by atoms with Crippen LogP contribution in [-0.4, -0.2) is 21.0 Å². The second kappa shape index (κ2) is 9.87. The number of fused-ring (bicyclic) bond motifs is 3. The zero-order chi connectivity index (χ0) is 23.5. The SMILES string of the molecule is O=C(Cc1ccc(Br)cc1)Nc1nc2c(nc1Cc1ccccc1)-c1ccc(CO)cc1CC2. The third-order valence-electron chi connectivity index (χ3n) is 6.03. The lowest BCUT2D eigenvalue weighted by Crippen LogP contribution is -2.20. The molecule has 1 aromatic heterocycles. The number of nitrogens with one attached hydrogen (secondary N) is 1. The van der Waals surface area contributed by atoms with Crippen molar-refractivity contribution in [1.29, 1.82) is 0 Å². The normalized spacial score (nSPS) is 12.1. The average molecular weight is 514 g/mol.